The van der Waals surface area contributed by atoms with Gasteiger partial charge in [0.15, 0.2) is 11.5 Å². The zero-order valence-corrected chi connectivity index (χ0v) is 15.7. The lowest BCUT2D eigenvalue weighted by atomic mass is 9.96. The summed E-state index contributed by atoms with van der Waals surface area (Å²) in [6.45, 7) is 4.12. The van der Waals surface area contributed by atoms with Gasteiger partial charge in [-0.1, -0.05) is 0 Å². The number of aryl methyl sites for hydroxylation is 2. The molecule has 0 spiro atoms. The summed E-state index contributed by atoms with van der Waals surface area (Å²) in [6, 6.07) is 6.02. The summed E-state index contributed by atoms with van der Waals surface area (Å²) in [6.07, 6.45) is 5.85. The summed E-state index contributed by atoms with van der Waals surface area (Å²) in [5.74, 6) is 1.91. The molecule has 2 aliphatic rings. The Morgan fingerprint density at radius 1 is 1.07 bits per heavy atom. The topological polar surface area (TPSA) is 73.4 Å². The van der Waals surface area contributed by atoms with Gasteiger partial charge in [-0.15, -0.1) is 15.3 Å². The van der Waals surface area contributed by atoms with Crippen LogP contribution in [0.5, 0.6) is 5.88 Å². The number of rotatable bonds is 4. The van der Waals surface area contributed by atoms with Crippen LogP contribution in [0.25, 0.3) is 5.65 Å². The molecule has 5 rings (SSSR count). The molecule has 142 valence electrons. The van der Waals surface area contributed by atoms with Crippen molar-refractivity contribution in [2.45, 2.75) is 51.1 Å². The Morgan fingerprint density at radius 3 is 2.78 bits per heavy atom. The van der Waals surface area contributed by atoms with E-state index in [-0.39, 0.29) is 0 Å². The van der Waals surface area contributed by atoms with Gasteiger partial charge in [-0.2, -0.15) is 9.61 Å². The van der Waals surface area contributed by atoms with Crippen molar-refractivity contribution in [1.82, 2.24) is 34.5 Å². The van der Waals surface area contributed by atoms with Crippen molar-refractivity contribution in [2.75, 3.05) is 20.2 Å². The molecule has 5 heterocycles. The highest BCUT2D eigenvalue weighted by molar-refractivity contribution is 5.38. The molecule has 0 radical (unpaired) electrons. The van der Waals surface area contributed by atoms with Gasteiger partial charge in [0.25, 0.3) is 0 Å². The third kappa shape index (κ3) is 3.18. The van der Waals surface area contributed by atoms with Crippen molar-refractivity contribution in [2.24, 2.45) is 0 Å². The summed E-state index contributed by atoms with van der Waals surface area (Å²) >= 11 is 0. The number of aromatic nitrogens is 6. The second kappa shape index (κ2) is 6.92. The third-order valence-corrected chi connectivity index (χ3v) is 5.78. The molecule has 2 aliphatic heterocycles. The number of ether oxygens (including phenoxy) is 1. The maximum Gasteiger partial charge on any atom is 0.231 e. The van der Waals surface area contributed by atoms with Crippen LogP contribution in [-0.2, 0) is 19.5 Å². The highest BCUT2D eigenvalue weighted by atomic mass is 16.5. The highest BCUT2D eigenvalue weighted by Gasteiger charge is 2.26. The van der Waals surface area contributed by atoms with E-state index in [1.54, 1.807) is 7.11 Å². The molecule has 3 aromatic heterocycles. The van der Waals surface area contributed by atoms with Crippen molar-refractivity contribution in [3.63, 3.8) is 0 Å². The highest BCUT2D eigenvalue weighted by Crippen LogP contribution is 2.28. The molecule has 1 fully saturated rings. The van der Waals surface area contributed by atoms with Gasteiger partial charge in [-0.25, -0.2) is 0 Å². The normalized spacial score (nSPS) is 18.7. The zero-order chi connectivity index (χ0) is 18.2. The molecule has 1 saturated heterocycles. The average Bonchev–Trinajstić information content (AvgIpc) is 3.31. The lowest BCUT2D eigenvalue weighted by Crippen LogP contribution is -2.33. The summed E-state index contributed by atoms with van der Waals surface area (Å²) in [5.41, 5.74) is 3.39. The lowest BCUT2D eigenvalue weighted by molar-refractivity contribution is 0.198. The zero-order valence-electron chi connectivity index (χ0n) is 15.7. The van der Waals surface area contributed by atoms with Gasteiger partial charge in [-0.05, 0) is 57.3 Å². The van der Waals surface area contributed by atoms with Crippen LogP contribution in [0, 0.1) is 0 Å². The van der Waals surface area contributed by atoms with Crippen LogP contribution < -0.4 is 4.74 Å². The number of piperidine rings is 1. The molecule has 3 aromatic rings. The van der Waals surface area contributed by atoms with E-state index in [4.69, 9.17) is 9.84 Å². The maximum absolute atomic E-state index is 5.25. The second-order valence-electron chi connectivity index (χ2n) is 7.56. The number of fused-ring (bicyclic) bond motifs is 2. The molecule has 0 saturated carbocycles. The average molecular weight is 367 g/mol. The van der Waals surface area contributed by atoms with Crippen molar-refractivity contribution in [1.29, 1.82) is 0 Å². The maximum atomic E-state index is 5.25. The fourth-order valence-electron chi connectivity index (χ4n) is 4.29. The summed E-state index contributed by atoms with van der Waals surface area (Å²) in [7, 11) is 1.63. The number of nitrogens with zero attached hydrogens (tertiary/aromatic N) is 7. The van der Waals surface area contributed by atoms with E-state index >= 15 is 0 Å². The van der Waals surface area contributed by atoms with E-state index < -0.39 is 0 Å². The lowest BCUT2D eigenvalue weighted by Gasteiger charge is -2.30. The molecule has 0 N–H and O–H groups in total. The molecular formula is C19H25N7O. The van der Waals surface area contributed by atoms with Crippen molar-refractivity contribution >= 4 is 5.65 Å². The monoisotopic (exact) mass is 367 g/mol. The molecule has 8 heteroatoms. The van der Waals surface area contributed by atoms with Crippen LogP contribution in [0.4, 0.5) is 0 Å². The minimum atomic E-state index is 0.381. The summed E-state index contributed by atoms with van der Waals surface area (Å²) < 4.78 is 9.28. The third-order valence-electron chi connectivity index (χ3n) is 5.78. The first-order valence-corrected chi connectivity index (χ1v) is 9.84. The van der Waals surface area contributed by atoms with Crippen LogP contribution in [0.1, 0.15) is 48.8 Å². The largest absolute Gasteiger partial charge is 0.480 e. The summed E-state index contributed by atoms with van der Waals surface area (Å²) in [4.78, 5) is 2.50. The van der Waals surface area contributed by atoms with Gasteiger partial charge in [-0.3, -0.25) is 9.58 Å². The van der Waals surface area contributed by atoms with E-state index in [9.17, 15) is 0 Å². The molecule has 8 nitrogen and oxygen atoms in total. The Morgan fingerprint density at radius 2 is 1.96 bits per heavy atom. The van der Waals surface area contributed by atoms with Crippen molar-refractivity contribution < 1.29 is 4.74 Å². The Labute approximate surface area is 158 Å². The van der Waals surface area contributed by atoms with E-state index in [0.717, 1.165) is 50.5 Å². The van der Waals surface area contributed by atoms with Crippen LogP contribution >= 0.6 is 0 Å². The first kappa shape index (κ1) is 16.7. The van der Waals surface area contributed by atoms with E-state index in [1.165, 1.54) is 30.7 Å². The Bertz CT molecular complexity index is 915. The number of likely N-dealkylation sites (tertiary alicyclic amines) is 1. The van der Waals surface area contributed by atoms with Crippen LogP contribution in [0.3, 0.4) is 0 Å². The van der Waals surface area contributed by atoms with Crippen molar-refractivity contribution in [3.05, 3.63) is 35.4 Å². The minimum Gasteiger partial charge on any atom is -0.480 e. The minimum absolute atomic E-state index is 0.381. The molecule has 0 amide bonds. The predicted octanol–water partition coefficient (Wildman–Crippen LogP) is 2.05. The van der Waals surface area contributed by atoms with Gasteiger partial charge in [0.1, 0.15) is 0 Å². The number of methoxy groups -OCH3 is 1. The standard InChI is InChI=1S/C19H25N7O/c1-27-18-6-5-17-20-21-19(26(17)23-18)14-7-10-24(11-8-14)13-15-12-16-4-2-3-9-25(16)22-15/h5-6,12,14H,2-4,7-11,13H2,1H3. The van der Waals surface area contributed by atoms with Crippen molar-refractivity contribution in [3.8, 4) is 5.88 Å². The van der Waals surface area contributed by atoms with Gasteiger partial charge < -0.3 is 4.74 Å². The predicted molar refractivity (Wildman–Crippen MR) is 99.8 cm³/mol. The summed E-state index contributed by atoms with van der Waals surface area (Å²) in [5, 5.41) is 18.0. The second-order valence-corrected chi connectivity index (χ2v) is 7.56. The molecule has 0 aliphatic carbocycles. The fraction of sp³-hybridized carbons (Fsp3) is 0.579. The smallest absolute Gasteiger partial charge is 0.231 e. The van der Waals surface area contributed by atoms with Crippen LogP contribution in [0.15, 0.2) is 18.2 Å². The van der Waals surface area contributed by atoms with Gasteiger partial charge >= 0.3 is 0 Å². The molecule has 0 aromatic carbocycles. The van der Waals surface area contributed by atoms with E-state index in [0.29, 0.717) is 11.8 Å². The molecule has 0 bridgehead atoms. The van der Waals surface area contributed by atoms with Gasteiger partial charge in [0, 0.05) is 30.8 Å². The Kier molecular flexibility index (Phi) is 4.27. The Hall–Kier alpha value is -2.48. The Balaban J connectivity index is 1.26. The van der Waals surface area contributed by atoms with Gasteiger partial charge in [0.05, 0.1) is 12.8 Å². The molecular weight excluding hydrogens is 342 g/mol. The first-order valence-electron chi connectivity index (χ1n) is 9.84. The van der Waals surface area contributed by atoms with Crippen LogP contribution in [0.2, 0.25) is 0 Å². The first-order chi connectivity index (χ1) is 13.3. The van der Waals surface area contributed by atoms with E-state index in [2.05, 4.69) is 30.9 Å². The van der Waals surface area contributed by atoms with Gasteiger partial charge in [0.2, 0.25) is 5.88 Å². The number of hydrogen-bond acceptors (Lipinski definition) is 6. The van der Waals surface area contributed by atoms with Crippen LogP contribution in [-0.4, -0.2) is 54.7 Å². The SMILES string of the molecule is COc1ccc2nnc(C3CCN(Cc4cc5n(n4)CCCC5)CC3)n2n1. The van der Waals surface area contributed by atoms with E-state index in [1.807, 2.05) is 16.6 Å². The number of hydrogen-bond donors (Lipinski definition) is 0. The molecule has 27 heavy (non-hydrogen) atoms. The molecule has 0 atom stereocenters. The quantitative estimate of drug-likeness (QED) is 0.703. The molecule has 0 unspecified atom stereocenters. The fourth-order valence-corrected chi connectivity index (χ4v) is 4.29.